The van der Waals surface area contributed by atoms with E-state index in [1.54, 1.807) is 30.3 Å². The number of ether oxygens (including phenoxy) is 1. The highest BCUT2D eigenvalue weighted by atomic mass is 16.6. The lowest BCUT2D eigenvalue weighted by molar-refractivity contribution is -0.385. The molecule has 0 aliphatic heterocycles. The Morgan fingerprint density at radius 1 is 1.18 bits per heavy atom. The molecule has 178 valence electrons. The van der Waals surface area contributed by atoms with Gasteiger partial charge in [0.25, 0.3) is 16.8 Å². The molecule has 0 bridgehead atoms. The summed E-state index contributed by atoms with van der Waals surface area (Å²) in [7, 11) is 1.39. The van der Waals surface area contributed by atoms with Gasteiger partial charge in [0, 0.05) is 25.8 Å². The van der Waals surface area contributed by atoms with Crippen molar-refractivity contribution < 1.29 is 14.5 Å². The Labute approximate surface area is 191 Å². The molecule has 3 aromatic rings. The standard InChI is InChI=1S/C21H22N6O7/c1-34-10-9-25(17(29)13-24-12-15(27(32)33)7-8-16(24)28)18-19(22)26(21(31)23-20(18)30)11-14-5-3-2-4-6-14/h2-8,12H,9-11,13,22H2,1H3,(H,23,30,31). The number of aromatic nitrogens is 3. The van der Waals surface area contributed by atoms with Crippen molar-refractivity contribution in [2.75, 3.05) is 30.9 Å². The number of nitrogens with zero attached hydrogens (tertiary/aromatic N) is 4. The van der Waals surface area contributed by atoms with E-state index in [4.69, 9.17) is 10.5 Å². The van der Waals surface area contributed by atoms with Gasteiger partial charge in [0.15, 0.2) is 5.69 Å². The molecule has 34 heavy (non-hydrogen) atoms. The summed E-state index contributed by atoms with van der Waals surface area (Å²) in [5.74, 6) is -1.02. The molecule has 0 saturated heterocycles. The van der Waals surface area contributed by atoms with Crippen molar-refractivity contribution in [1.29, 1.82) is 0 Å². The van der Waals surface area contributed by atoms with Gasteiger partial charge < -0.3 is 15.4 Å². The van der Waals surface area contributed by atoms with Gasteiger partial charge in [-0.05, 0) is 5.56 Å². The Morgan fingerprint density at radius 2 is 1.88 bits per heavy atom. The van der Waals surface area contributed by atoms with E-state index in [1.165, 1.54) is 7.11 Å². The Kier molecular flexibility index (Phi) is 7.38. The highest BCUT2D eigenvalue weighted by molar-refractivity contribution is 5.95. The number of nitrogen functional groups attached to an aromatic ring is 1. The molecule has 3 rings (SSSR count). The average Bonchev–Trinajstić information content (AvgIpc) is 2.80. The Balaban J connectivity index is 2.05. The number of nitrogens with two attached hydrogens (primary N) is 1. The second-order valence-electron chi connectivity index (χ2n) is 7.21. The van der Waals surface area contributed by atoms with Crippen molar-refractivity contribution in [3.63, 3.8) is 0 Å². The maximum Gasteiger partial charge on any atom is 0.330 e. The molecule has 13 nitrogen and oxygen atoms in total. The fraction of sp³-hybridized carbons (Fsp3) is 0.238. The van der Waals surface area contributed by atoms with Crippen molar-refractivity contribution in [3.05, 3.63) is 95.5 Å². The van der Waals surface area contributed by atoms with Gasteiger partial charge in [-0.25, -0.2) is 4.79 Å². The van der Waals surface area contributed by atoms with E-state index in [9.17, 15) is 29.3 Å². The first-order valence-corrected chi connectivity index (χ1v) is 10.0. The zero-order valence-electron chi connectivity index (χ0n) is 18.2. The summed E-state index contributed by atoms with van der Waals surface area (Å²) in [6.45, 7) is -0.699. The zero-order valence-corrected chi connectivity index (χ0v) is 18.2. The molecule has 0 radical (unpaired) electrons. The molecule has 2 heterocycles. The van der Waals surface area contributed by atoms with Crippen LogP contribution in [-0.2, 0) is 22.6 Å². The number of H-pyrrole nitrogens is 1. The zero-order chi connectivity index (χ0) is 24.8. The summed E-state index contributed by atoms with van der Waals surface area (Å²) in [6.07, 6.45) is 0.929. The second-order valence-corrected chi connectivity index (χ2v) is 7.21. The van der Waals surface area contributed by atoms with Crippen LogP contribution in [0.1, 0.15) is 5.56 Å². The number of hydrogen-bond acceptors (Lipinski definition) is 8. The highest BCUT2D eigenvalue weighted by Crippen LogP contribution is 2.18. The molecule has 0 aliphatic carbocycles. The average molecular weight is 470 g/mol. The predicted octanol–water partition coefficient (Wildman–Crippen LogP) is -0.0834. The molecular weight excluding hydrogens is 448 g/mol. The van der Waals surface area contributed by atoms with Crippen LogP contribution in [0.5, 0.6) is 0 Å². The molecule has 1 aromatic carbocycles. The van der Waals surface area contributed by atoms with Gasteiger partial charge >= 0.3 is 5.69 Å². The van der Waals surface area contributed by atoms with Crippen LogP contribution in [0.3, 0.4) is 0 Å². The molecule has 1 amide bonds. The Hall–Kier alpha value is -4.52. The number of nitrogens with one attached hydrogen (secondary N) is 1. The highest BCUT2D eigenvalue weighted by Gasteiger charge is 2.25. The van der Waals surface area contributed by atoms with Crippen LogP contribution in [0.4, 0.5) is 17.2 Å². The topological polar surface area (TPSA) is 176 Å². The minimum Gasteiger partial charge on any atom is -0.383 e. The lowest BCUT2D eigenvalue weighted by atomic mass is 10.2. The number of carbonyl (C=O) groups is 1. The smallest absolute Gasteiger partial charge is 0.330 e. The van der Waals surface area contributed by atoms with Crippen LogP contribution in [0.25, 0.3) is 0 Å². The van der Waals surface area contributed by atoms with Gasteiger partial charge in [-0.15, -0.1) is 0 Å². The predicted molar refractivity (Wildman–Crippen MR) is 123 cm³/mol. The summed E-state index contributed by atoms with van der Waals surface area (Å²) < 4.78 is 6.99. The maximum absolute atomic E-state index is 13.2. The number of anilines is 2. The normalized spacial score (nSPS) is 10.7. The van der Waals surface area contributed by atoms with Crippen LogP contribution in [0, 0.1) is 10.1 Å². The van der Waals surface area contributed by atoms with Gasteiger partial charge in [-0.3, -0.25) is 38.6 Å². The van der Waals surface area contributed by atoms with E-state index in [0.717, 1.165) is 37.9 Å². The van der Waals surface area contributed by atoms with Gasteiger partial charge in [0.1, 0.15) is 12.4 Å². The Bertz CT molecular complexity index is 1380. The lowest BCUT2D eigenvalue weighted by Gasteiger charge is -2.24. The molecule has 0 fully saturated rings. The van der Waals surface area contributed by atoms with Crippen molar-refractivity contribution >= 4 is 23.1 Å². The number of nitro groups is 1. The molecule has 0 aliphatic rings. The number of carbonyl (C=O) groups excluding carboxylic acids is 1. The van der Waals surface area contributed by atoms with E-state index in [0.29, 0.717) is 0 Å². The monoisotopic (exact) mass is 470 g/mol. The number of benzene rings is 1. The molecule has 13 heteroatoms. The lowest BCUT2D eigenvalue weighted by Crippen LogP contribution is -2.44. The van der Waals surface area contributed by atoms with Gasteiger partial charge in [-0.2, -0.15) is 0 Å². The number of hydrogen-bond donors (Lipinski definition) is 2. The minimum absolute atomic E-state index is 0.00622. The minimum atomic E-state index is -0.900. The summed E-state index contributed by atoms with van der Waals surface area (Å²) >= 11 is 0. The van der Waals surface area contributed by atoms with E-state index in [-0.39, 0.29) is 36.9 Å². The number of methoxy groups -OCH3 is 1. The van der Waals surface area contributed by atoms with Crippen LogP contribution in [0.15, 0.2) is 63.0 Å². The number of pyridine rings is 1. The third kappa shape index (κ3) is 5.27. The van der Waals surface area contributed by atoms with Crippen LogP contribution in [-0.4, -0.2) is 45.2 Å². The third-order valence-electron chi connectivity index (χ3n) is 4.97. The van der Waals surface area contributed by atoms with Crippen LogP contribution >= 0.6 is 0 Å². The van der Waals surface area contributed by atoms with E-state index < -0.39 is 34.2 Å². The maximum atomic E-state index is 13.2. The molecular formula is C21H22N6O7. The SMILES string of the molecule is COCCN(C(=O)Cn1cc([N+](=O)[O-])ccc1=O)c1c(N)n(Cc2ccccc2)c(=O)[nH]c1=O. The van der Waals surface area contributed by atoms with E-state index in [1.807, 2.05) is 0 Å². The molecule has 3 N–H and O–H groups in total. The first-order chi connectivity index (χ1) is 16.2. The van der Waals surface area contributed by atoms with Gasteiger partial charge in [-0.1, -0.05) is 30.3 Å². The fourth-order valence-electron chi connectivity index (χ4n) is 3.29. The summed E-state index contributed by atoms with van der Waals surface area (Å²) in [6, 6.07) is 10.9. The molecule has 0 spiro atoms. The second kappa shape index (κ2) is 10.4. The third-order valence-corrected chi connectivity index (χ3v) is 4.97. The number of rotatable bonds is 9. The number of amides is 1. The van der Waals surface area contributed by atoms with Crippen molar-refractivity contribution in [1.82, 2.24) is 14.1 Å². The van der Waals surface area contributed by atoms with Gasteiger partial charge in [0.05, 0.1) is 24.3 Å². The largest absolute Gasteiger partial charge is 0.383 e. The van der Waals surface area contributed by atoms with Crippen LogP contribution < -0.4 is 27.4 Å². The summed E-state index contributed by atoms with van der Waals surface area (Å²) in [5.41, 5.74) is 3.92. The first kappa shape index (κ1) is 24.1. The van der Waals surface area contributed by atoms with Gasteiger partial charge in [0.2, 0.25) is 5.91 Å². The Morgan fingerprint density at radius 3 is 2.53 bits per heavy atom. The fourth-order valence-corrected chi connectivity index (χ4v) is 3.29. The number of aromatic amines is 1. The quantitative estimate of drug-likeness (QED) is 0.322. The first-order valence-electron chi connectivity index (χ1n) is 10.0. The van der Waals surface area contributed by atoms with E-state index >= 15 is 0 Å². The summed E-state index contributed by atoms with van der Waals surface area (Å²) in [4.78, 5) is 63.9. The molecule has 0 unspecified atom stereocenters. The molecule has 2 aromatic heterocycles. The van der Waals surface area contributed by atoms with Crippen molar-refractivity contribution in [3.8, 4) is 0 Å². The van der Waals surface area contributed by atoms with Crippen molar-refractivity contribution in [2.45, 2.75) is 13.1 Å². The van der Waals surface area contributed by atoms with E-state index in [2.05, 4.69) is 4.98 Å². The van der Waals surface area contributed by atoms with Crippen molar-refractivity contribution in [2.24, 2.45) is 0 Å². The summed E-state index contributed by atoms with van der Waals surface area (Å²) in [5, 5.41) is 11.0. The van der Waals surface area contributed by atoms with Crippen LogP contribution in [0.2, 0.25) is 0 Å². The molecule has 0 atom stereocenters. The molecule has 0 saturated carbocycles.